The molecule has 6 nitrogen and oxygen atoms in total. The first-order valence-electron chi connectivity index (χ1n) is 10.2. The number of imide groups is 1. The lowest BCUT2D eigenvalue weighted by Crippen LogP contribution is -2.55. The number of hydrogen-bond acceptors (Lipinski definition) is 3. The summed E-state index contributed by atoms with van der Waals surface area (Å²) in [7, 11) is 0. The van der Waals surface area contributed by atoms with Crippen LogP contribution < -0.4 is 5.32 Å². The highest BCUT2D eigenvalue weighted by Gasteiger charge is 2.43. The lowest BCUT2D eigenvalue weighted by atomic mass is 9.72. The van der Waals surface area contributed by atoms with Gasteiger partial charge in [-0.2, -0.15) is 0 Å². The van der Waals surface area contributed by atoms with Crippen molar-refractivity contribution in [3.05, 3.63) is 48.2 Å². The molecule has 0 bridgehead atoms. The molecule has 1 aromatic heterocycles. The quantitative estimate of drug-likeness (QED) is 0.282. The van der Waals surface area contributed by atoms with Gasteiger partial charge in [0.1, 0.15) is 0 Å². The maximum atomic E-state index is 13.3. The number of benzene rings is 1. The molecule has 7 heteroatoms. The Morgan fingerprint density at radius 2 is 2.28 bits per heavy atom. The van der Waals surface area contributed by atoms with E-state index in [1.54, 1.807) is 0 Å². The highest BCUT2D eigenvalue weighted by Crippen LogP contribution is 2.45. The van der Waals surface area contributed by atoms with Crippen LogP contribution in [0, 0.1) is 5.92 Å². The number of urea groups is 1. The Balaban J connectivity index is 1.67. The van der Waals surface area contributed by atoms with E-state index in [1.807, 2.05) is 13.0 Å². The monoisotopic (exact) mass is 506 g/mol. The number of likely N-dealkylation sites (tertiary alicyclic amines) is 1. The lowest BCUT2D eigenvalue weighted by molar-refractivity contribution is -0.134. The van der Waals surface area contributed by atoms with E-state index in [4.69, 9.17) is 0 Å². The van der Waals surface area contributed by atoms with Gasteiger partial charge in [0.05, 0.1) is 10.5 Å². The maximum Gasteiger partial charge on any atom is 0.324 e. The molecule has 2 N–H and O–H groups in total. The van der Waals surface area contributed by atoms with E-state index in [2.05, 4.69) is 68.8 Å². The van der Waals surface area contributed by atoms with Gasteiger partial charge in [0, 0.05) is 48.7 Å². The first kappa shape index (κ1) is 20.4. The van der Waals surface area contributed by atoms with Gasteiger partial charge in [0.2, 0.25) is 5.91 Å². The fraction of sp³-hybridized carbons (Fsp3) is 0.455. The predicted molar refractivity (Wildman–Crippen MR) is 123 cm³/mol. The molecule has 154 valence electrons. The summed E-state index contributed by atoms with van der Waals surface area (Å²) in [6.45, 7) is 7.71. The molecule has 0 radical (unpaired) electrons. The van der Waals surface area contributed by atoms with Gasteiger partial charge in [0.15, 0.2) is 0 Å². The van der Waals surface area contributed by atoms with Crippen LogP contribution in [0.1, 0.15) is 30.4 Å². The number of carbonyl (C=O) groups is 2. The zero-order valence-corrected chi connectivity index (χ0v) is 18.8. The second kappa shape index (κ2) is 8.47. The van der Waals surface area contributed by atoms with Gasteiger partial charge < -0.3 is 10.3 Å². The smallest absolute Gasteiger partial charge is 0.324 e. The molecule has 1 fully saturated rings. The van der Waals surface area contributed by atoms with Crippen LogP contribution in [-0.4, -0.2) is 56.9 Å². The maximum absolute atomic E-state index is 13.3. The standard InChI is InChI=1S/C22H27IN4O2/c1-3-8-26-12-15(21(28)27(13-23)22(29)24-4-2)9-17-16-6-5-7-18-20(16)14(11-25-18)10-19(17)26/h3,5-7,11,15,17,19,25H,1,4,8-10,12-13H2,2H3,(H,24,29)/t15-,17?,19-/m1/s1. The number of aromatic amines is 1. The minimum atomic E-state index is -0.303. The topological polar surface area (TPSA) is 68.4 Å². The summed E-state index contributed by atoms with van der Waals surface area (Å²) in [6.07, 6.45) is 5.79. The zero-order valence-electron chi connectivity index (χ0n) is 16.7. The molecule has 3 atom stereocenters. The molecule has 2 aliphatic rings. The Morgan fingerprint density at radius 1 is 1.45 bits per heavy atom. The third kappa shape index (κ3) is 3.59. The lowest BCUT2D eigenvalue weighted by Gasteiger charge is -2.46. The number of carbonyl (C=O) groups excluding carboxylic acids is 2. The SMILES string of the molecule is C=CCN1C[C@H](C(=O)N(CI)C(=O)NCC)CC2c3cccc4[nH]cc(c34)C[C@H]21. The van der Waals surface area contributed by atoms with Gasteiger partial charge in [-0.15, -0.1) is 6.58 Å². The van der Waals surface area contributed by atoms with E-state index in [1.165, 1.54) is 21.4 Å². The number of alkyl halides is 1. The number of hydrogen-bond donors (Lipinski definition) is 2. The molecule has 4 rings (SSSR count). The van der Waals surface area contributed by atoms with E-state index in [0.29, 0.717) is 23.7 Å². The van der Waals surface area contributed by atoms with Crippen molar-refractivity contribution in [1.29, 1.82) is 0 Å². The van der Waals surface area contributed by atoms with Crippen molar-refractivity contribution < 1.29 is 9.59 Å². The van der Waals surface area contributed by atoms with Crippen LogP contribution in [0.5, 0.6) is 0 Å². The largest absolute Gasteiger partial charge is 0.361 e. The van der Waals surface area contributed by atoms with Crippen molar-refractivity contribution in [2.75, 3.05) is 24.2 Å². The molecule has 0 spiro atoms. The number of nitrogens with one attached hydrogen (secondary N) is 2. The first-order chi connectivity index (χ1) is 14.1. The minimum Gasteiger partial charge on any atom is -0.361 e. The number of H-pyrrole nitrogens is 1. The number of aromatic nitrogens is 1. The normalized spacial score (nSPS) is 23.4. The second-order valence-corrected chi connectivity index (χ2v) is 8.54. The van der Waals surface area contributed by atoms with Crippen molar-refractivity contribution in [2.45, 2.75) is 31.7 Å². The summed E-state index contributed by atoms with van der Waals surface area (Å²) in [5.41, 5.74) is 3.84. The van der Waals surface area contributed by atoms with Crippen molar-refractivity contribution in [3.63, 3.8) is 0 Å². The predicted octanol–water partition coefficient (Wildman–Crippen LogP) is 3.63. The number of halogens is 1. The van der Waals surface area contributed by atoms with Gasteiger partial charge in [-0.1, -0.05) is 40.8 Å². The van der Waals surface area contributed by atoms with Crippen LogP contribution in [0.2, 0.25) is 0 Å². The fourth-order valence-corrected chi connectivity index (χ4v) is 5.68. The van der Waals surface area contributed by atoms with Gasteiger partial charge in [-0.3, -0.25) is 14.6 Å². The molecule has 1 aliphatic heterocycles. The Hall–Kier alpha value is -1.87. The average Bonchev–Trinajstić information content (AvgIpc) is 3.13. The second-order valence-electron chi connectivity index (χ2n) is 7.86. The number of amides is 3. The van der Waals surface area contributed by atoms with Crippen molar-refractivity contribution in [1.82, 2.24) is 20.1 Å². The molecule has 29 heavy (non-hydrogen) atoms. The van der Waals surface area contributed by atoms with Crippen molar-refractivity contribution in [3.8, 4) is 0 Å². The molecule has 3 amide bonds. The van der Waals surface area contributed by atoms with Crippen LogP contribution in [0.4, 0.5) is 4.79 Å². The molecular weight excluding hydrogens is 479 g/mol. The Morgan fingerprint density at radius 3 is 3.00 bits per heavy atom. The first-order valence-corrected chi connectivity index (χ1v) is 11.7. The van der Waals surface area contributed by atoms with Gasteiger partial charge >= 0.3 is 6.03 Å². The number of piperidine rings is 1. The van der Waals surface area contributed by atoms with Crippen LogP contribution >= 0.6 is 22.6 Å². The third-order valence-electron chi connectivity index (χ3n) is 6.25. The van der Waals surface area contributed by atoms with Crippen molar-refractivity contribution in [2.24, 2.45) is 5.92 Å². The Labute approximate surface area is 184 Å². The number of rotatable bonds is 5. The van der Waals surface area contributed by atoms with Crippen LogP contribution in [0.15, 0.2) is 37.1 Å². The molecule has 2 heterocycles. The summed E-state index contributed by atoms with van der Waals surface area (Å²) in [6, 6.07) is 6.46. The van der Waals surface area contributed by atoms with Gasteiger partial charge in [-0.05, 0) is 37.0 Å². The van der Waals surface area contributed by atoms with E-state index >= 15 is 0 Å². The summed E-state index contributed by atoms with van der Waals surface area (Å²) in [4.78, 5) is 32.8. The molecule has 1 unspecified atom stereocenters. The van der Waals surface area contributed by atoms with E-state index < -0.39 is 0 Å². The zero-order chi connectivity index (χ0) is 20.5. The molecule has 1 saturated heterocycles. The highest BCUT2D eigenvalue weighted by atomic mass is 127. The summed E-state index contributed by atoms with van der Waals surface area (Å²) in [5.74, 6) is -0.0100. The fourth-order valence-electron chi connectivity index (χ4n) is 5.03. The minimum absolute atomic E-state index is 0.0788. The Kier molecular flexibility index (Phi) is 5.96. The van der Waals surface area contributed by atoms with Crippen LogP contribution in [0.3, 0.4) is 0 Å². The summed E-state index contributed by atoms with van der Waals surface area (Å²) < 4.78 is 0.353. The van der Waals surface area contributed by atoms with Crippen LogP contribution in [0.25, 0.3) is 10.9 Å². The molecule has 1 aromatic carbocycles. The molecule has 1 aliphatic carbocycles. The highest BCUT2D eigenvalue weighted by molar-refractivity contribution is 14.1. The van der Waals surface area contributed by atoms with E-state index in [9.17, 15) is 9.59 Å². The third-order valence-corrected chi connectivity index (χ3v) is 6.93. The molecule has 0 saturated carbocycles. The Bertz CT molecular complexity index is 940. The van der Waals surface area contributed by atoms with Crippen molar-refractivity contribution >= 4 is 45.4 Å². The van der Waals surface area contributed by atoms with E-state index in [-0.39, 0.29) is 23.8 Å². The van der Waals surface area contributed by atoms with Gasteiger partial charge in [0.25, 0.3) is 0 Å². The number of fused-ring (bicyclic) bond motifs is 2. The van der Waals surface area contributed by atoms with Crippen LogP contribution in [-0.2, 0) is 11.2 Å². The summed E-state index contributed by atoms with van der Waals surface area (Å²) >= 11 is 2.09. The molecular formula is C22H27IN4O2. The van der Waals surface area contributed by atoms with Gasteiger partial charge in [-0.25, -0.2) is 4.79 Å². The molecule has 2 aromatic rings. The number of nitrogens with zero attached hydrogens (tertiary/aromatic N) is 2. The average molecular weight is 506 g/mol. The van der Waals surface area contributed by atoms with E-state index in [0.717, 1.165) is 24.9 Å². The summed E-state index contributed by atoms with van der Waals surface area (Å²) in [5, 5.41) is 4.08.